The summed E-state index contributed by atoms with van der Waals surface area (Å²) in [5.41, 5.74) is 2.48. The van der Waals surface area contributed by atoms with Crippen LogP contribution in [0.4, 0.5) is 0 Å². The van der Waals surface area contributed by atoms with Gasteiger partial charge in [-0.25, -0.2) is 0 Å². The zero-order chi connectivity index (χ0) is 12.1. The Bertz CT molecular complexity index is 485. The number of rotatable bonds is 2. The van der Waals surface area contributed by atoms with Gasteiger partial charge in [-0.1, -0.05) is 6.42 Å². The molecule has 4 nitrogen and oxygen atoms in total. The average molecular weight is 245 g/mol. The second-order valence-electron chi connectivity index (χ2n) is 5.95. The van der Waals surface area contributed by atoms with Crippen molar-refractivity contribution < 1.29 is 4.79 Å². The van der Waals surface area contributed by atoms with Crippen molar-refractivity contribution >= 4 is 5.91 Å². The smallest absolute Gasteiger partial charge is 0.226 e. The first-order valence-electron chi connectivity index (χ1n) is 7.16. The lowest BCUT2D eigenvalue weighted by atomic mass is 9.84. The molecule has 18 heavy (non-hydrogen) atoms. The van der Waals surface area contributed by atoms with Crippen molar-refractivity contribution in [2.75, 3.05) is 6.54 Å². The first-order chi connectivity index (χ1) is 8.81. The number of aromatic nitrogens is 2. The number of amides is 1. The number of carbonyl (C=O) groups is 1. The van der Waals surface area contributed by atoms with Gasteiger partial charge in [-0.05, 0) is 31.7 Å². The van der Waals surface area contributed by atoms with Crippen LogP contribution in [-0.4, -0.2) is 27.1 Å². The Hall–Kier alpha value is -1.32. The Kier molecular flexibility index (Phi) is 2.26. The number of fused-ring (bicyclic) bond motifs is 1. The van der Waals surface area contributed by atoms with Gasteiger partial charge in [0.05, 0.1) is 24.5 Å². The van der Waals surface area contributed by atoms with Crippen LogP contribution in [0.3, 0.4) is 0 Å². The van der Waals surface area contributed by atoms with Gasteiger partial charge >= 0.3 is 0 Å². The second-order valence-corrected chi connectivity index (χ2v) is 5.95. The monoisotopic (exact) mass is 245 g/mol. The number of nitrogens with zero attached hydrogens (tertiary/aromatic N) is 3. The molecule has 1 amide bonds. The zero-order valence-corrected chi connectivity index (χ0v) is 10.6. The molecule has 2 fully saturated rings. The molecule has 4 heteroatoms. The molecule has 0 radical (unpaired) electrons. The minimum absolute atomic E-state index is 0.322. The van der Waals surface area contributed by atoms with E-state index in [-0.39, 0.29) is 0 Å². The molecule has 0 bridgehead atoms. The first kappa shape index (κ1) is 10.6. The molecule has 2 saturated carbocycles. The van der Waals surface area contributed by atoms with Gasteiger partial charge in [0.15, 0.2) is 0 Å². The summed E-state index contributed by atoms with van der Waals surface area (Å²) in [6.45, 7) is 2.49. The molecule has 0 N–H and O–H groups in total. The Balaban J connectivity index is 1.51. The van der Waals surface area contributed by atoms with E-state index >= 15 is 0 Å². The summed E-state index contributed by atoms with van der Waals surface area (Å²) in [7, 11) is 0. The van der Waals surface area contributed by atoms with E-state index in [9.17, 15) is 4.79 Å². The van der Waals surface area contributed by atoms with Crippen molar-refractivity contribution in [3.8, 4) is 0 Å². The minimum Gasteiger partial charge on any atom is -0.335 e. The van der Waals surface area contributed by atoms with Gasteiger partial charge in [-0.15, -0.1) is 0 Å². The van der Waals surface area contributed by atoms with Crippen LogP contribution in [0, 0.1) is 5.92 Å². The summed E-state index contributed by atoms with van der Waals surface area (Å²) in [5.74, 6) is 1.41. The normalized spacial score (nSPS) is 23.7. The predicted molar refractivity (Wildman–Crippen MR) is 67.0 cm³/mol. The van der Waals surface area contributed by atoms with Crippen LogP contribution in [0.25, 0.3) is 0 Å². The van der Waals surface area contributed by atoms with Gasteiger partial charge in [0.2, 0.25) is 5.91 Å². The standard InChI is InChI=1S/C14H19N3O/c18-14(11-2-1-3-11)16-6-7-17-12(9-16)8-13(15-17)10-4-5-10/h8,10-11H,1-7,9H2. The van der Waals surface area contributed by atoms with Gasteiger partial charge < -0.3 is 4.90 Å². The Morgan fingerprint density at radius 1 is 1.22 bits per heavy atom. The molecular weight excluding hydrogens is 226 g/mol. The average Bonchev–Trinajstić information content (AvgIpc) is 3.06. The molecule has 0 spiro atoms. The summed E-state index contributed by atoms with van der Waals surface area (Å²) in [6.07, 6.45) is 6.01. The third-order valence-corrected chi connectivity index (χ3v) is 4.58. The van der Waals surface area contributed by atoms with Crippen LogP contribution < -0.4 is 0 Å². The lowest BCUT2D eigenvalue weighted by Crippen LogP contribution is -2.43. The van der Waals surface area contributed by atoms with Crippen LogP contribution >= 0.6 is 0 Å². The second kappa shape index (κ2) is 3.84. The van der Waals surface area contributed by atoms with Crippen molar-refractivity contribution in [1.29, 1.82) is 0 Å². The van der Waals surface area contributed by atoms with Crippen LogP contribution in [0.1, 0.15) is 49.4 Å². The van der Waals surface area contributed by atoms with E-state index in [1.807, 2.05) is 4.90 Å². The third-order valence-electron chi connectivity index (χ3n) is 4.58. The van der Waals surface area contributed by atoms with Crippen LogP contribution in [0.5, 0.6) is 0 Å². The molecule has 1 aromatic rings. The highest BCUT2D eigenvalue weighted by molar-refractivity contribution is 5.79. The Morgan fingerprint density at radius 3 is 2.72 bits per heavy atom. The number of hydrogen-bond acceptors (Lipinski definition) is 2. The van der Waals surface area contributed by atoms with Crippen molar-refractivity contribution in [1.82, 2.24) is 14.7 Å². The van der Waals surface area contributed by atoms with Crippen LogP contribution in [-0.2, 0) is 17.9 Å². The van der Waals surface area contributed by atoms with E-state index in [1.54, 1.807) is 0 Å². The van der Waals surface area contributed by atoms with Crippen molar-refractivity contribution in [2.24, 2.45) is 5.92 Å². The minimum atomic E-state index is 0.322. The molecule has 1 aliphatic heterocycles. The summed E-state index contributed by atoms with van der Waals surface area (Å²) in [5, 5.41) is 4.66. The topological polar surface area (TPSA) is 38.1 Å². The fraction of sp³-hybridized carbons (Fsp3) is 0.714. The fourth-order valence-corrected chi connectivity index (χ4v) is 2.97. The maximum Gasteiger partial charge on any atom is 0.226 e. The molecule has 96 valence electrons. The molecular formula is C14H19N3O. The van der Waals surface area contributed by atoms with E-state index in [0.717, 1.165) is 32.5 Å². The van der Waals surface area contributed by atoms with Gasteiger partial charge in [-0.3, -0.25) is 9.48 Å². The lowest BCUT2D eigenvalue weighted by Gasteiger charge is -2.34. The van der Waals surface area contributed by atoms with E-state index in [4.69, 9.17) is 0 Å². The number of carbonyl (C=O) groups excluding carboxylic acids is 1. The summed E-state index contributed by atoms with van der Waals surface area (Å²) >= 11 is 0. The molecule has 0 aromatic carbocycles. The summed E-state index contributed by atoms with van der Waals surface area (Å²) < 4.78 is 2.11. The molecule has 0 unspecified atom stereocenters. The van der Waals surface area contributed by atoms with Gasteiger partial charge in [0.1, 0.15) is 0 Å². The molecule has 2 heterocycles. The molecule has 0 saturated heterocycles. The van der Waals surface area contributed by atoms with Crippen molar-refractivity contribution in [3.05, 3.63) is 17.5 Å². The van der Waals surface area contributed by atoms with Crippen molar-refractivity contribution in [3.63, 3.8) is 0 Å². The summed E-state index contributed by atoms with van der Waals surface area (Å²) in [4.78, 5) is 14.3. The SMILES string of the molecule is O=C(C1CCC1)N1CCn2nc(C3CC3)cc2C1. The van der Waals surface area contributed by atoms with Gasteiger partial charge in [-0.2, -0.15) is 5.10 Å². The van der Waals surface area contributed by atoms with E-state index in [2.05, 4.69) is 15.8 Å². The van der Waals surface area contributed by atoms with E-state index < -0.39 is 0 Å². The van der Waals surface area contributed by atoms with Crippen LogP contribution in [0.15, 0.2) is 6.07 Å². The maximum absolute atomic E-state index is 12.2. The largest absolute Gasteiger partial charge is 0.335 e. The number of hydrogen-bond donors (Lipinski definition) is 0. The van der Waals surface area contributed by atoms with Gasteiger partial charge in [0.25, 0.3) is 0 Å². The fourth-order valence-electron chi connectivity index (χ4n) is 2.97. The highest BCUT2D eigenvalue weighted by Crippen LogP contribution is 2.40. The molecule has 0 atom stereocenters. The molecule has 1 aromatic heterocycles. The molecule has 2 aliphatic carbocycles. The quantitative estimate of drug-likeness (QED) is 0.798. The highest BCUT2D eigenvalue weighted by Gasteiger charge is 2.33. The molecule has 3 aliphatic rings. The Labute approximate surface area is 107 Å². The Morgan fingerprint density at radius 2 is 2.06 bits per heavy atom. The van der Waals surface area contributed by atoms with Gasteiger partial charge in [0, 0.05) is 18.4 Å². The van der Waals surface area contributed by atoms with Crippen molar-refractivity contribution in [2.45, 2.75) is 51.1 Å². The first-order valence-corrected chi connectivity index (χ1v) is 7.16. The zero-order valence-electron chi connectivity index (χ0n) is 10.6. The van der Waals surface area contributed by atoms with E-state index in [1.165, 1.54) is 30.7 Å². The maximum atomic E-state index is 12.2. The molecule has 4 rings (SSSR count). The predicted octanol–water partition coefficient (Wildman–Crippen LogP) is 1.90. The van der Waals surface area contributed by atoms with E-state index in [0.29, 0.717) is 17.7 Å². The highest BCUT2D eigenvalue weighted by atomic mass is 16.2. The third kappa shape index (κ3) is 1.66. The summed E-state index contributed by atoms with van der Waals surface area (Å²) in [6, 6.07) is 2.22. The lowest BCUT2D eigenvalue weighted by molar-refractivity contribution is -0.139. The van der Waals surface area contributed by atoms with Crippen LogP contribution in [0.2, 0.25) is 0 Å².